The van der Waals surface area contributed by atoms with Crippen LogP contribution in [0, 0.1) is 5.92 Å². The molecule has 6 heteroatoms. The zero-order valence-electron chi connectivity index (χ0n) is 12.8. The normalized spacial score (nSPS) is 14.2. The van der Waals surface area contributed by atoms with Gasteiger partial charge in [0, 0.05) is 37.8 Å². The zero-order valence-corrected chi connectivity index (χ0v) is 12.8. The van der Waals surface area contributed by atoms with Gasteiger partial charge in [0.05, 0.1) is 0 Å². The second-order valence-corrected chi connectivity index (χ2v) is 6.10. The molecule has 0 saturated heterocycles. The SMILES string of the molecule is CC(C)Cc1cc(C(=O)N2CCc3cc(=O)[nH]cc3C2)no1. The molecule has 22 heavy (non-hydrogen) atoms. The number of amides is 1. The maximum Gasteiger partial charge on any atom is 0.276 e. The van der Waals surface area contributed by atoms with E-state index >= 15 is 0 Å². The fourth-order valence-corrected chi connectivity index (χ4v) is 2.71. The van der Waals surface area contributed by atoms with E-state index in [1.54, 1.807) is 23.2 Å². The molecule has 1 amide bonds. The van der Waals surface area contributed by atoms with Gasteiger partial charge in [-0.1, -0.05) is 19.0 Å². The number of carbonyl (C=O) groups excluding carboxylic acids is 1. The maximum absolute atomic E-state index is 12.5. The molecule has 3 rings (SSSR count). The van der Waals surface area contributed by atoms with Gasteiger partial charge in [0.15, 0.2) is 5.69 Å². The summed E-state index contributed by atoms with van der Waals surface area (Å²) in [7, 11) is 0. The van der Waals surface area contributed by atoms with Crippen LogP contribution in [0.4, 0.5) is 0 Å². The van der Waals surface area contributed by atoms with Crippen molar-refractivity contribution in [2.75, 3.05) is 6.54 Å². The summed E-state index contributed by atoms with van der Waals surface area (Å²) < 4.78 is 5.23. The Bertz CT molecular complexity index is 745. The molecule has 2 aromatic rings. The molecular formula is C16H19N3O3. The van der Waals surface area contributed by atoms with Crippen LogP contribution in [-0.4, -0.2) is 27.5 Å². The minimum absolute atomic E-state index is 0.103. The van der Waals surface area contributed by atoms with Crippen LogP contribution >= 0.6 is 0 Å². The number of rotatable bonds is 3. The molecular weight excluding hydrogens is 282 g/mol. The summed E-state index contributed by atoms with van der Waals surface area (Å²) in [6.45, 7) is 5.25. The summed E-state index contributed by atoms with van der Waals surface area (Å²) in [5.74, 6) is 1.06. The zero-order chi connectivity index (χ0) is 15.7. The first kappa shape index (κ1) is 14.6. The Morgan fingerprint density at radius 3 is 3.00 bits per heavy atom. The van der Waals surface area contributed by atoms with E-state index in [-0.39, 0.29) is 11.5 Å². The third kappa shape index (κ3) is 2.95. The minimum Gasteiger partial charge on any atom is -0.361 e. The summed E-state index contributed by atoms with van der Waals surface area (Å²) in [6.07, 6.45) is 3.14. The highest BCUT2D eigenvalue weighted by atomic mass is 16.5. The van der Waals surface area contributed by atoms with Crippen molar-refractivity contribution >= 4 is 5.91 Å². The van der Waals surface area contributed by atoms with Gasteiger partial charge in [-0.2, -0.15) is 0 Å². The molecule has 0 fully saturated rings. The summed E-state index contributed by atoms with van der Waals surface area (Å²) >= 11 is 0. The Balaban J connectivity index is 1.75. The highest BCUT2D eigenvalue weighted by molar-refractivity contribution is 5.92. The lowest BCUT2D eigenvalue weighted by atomic mass is 10.0. The van der Waals surface area contributed by atoms with Gasteiger partial charge in [-0.05, 0) is 23.5 Å². The number of fused-ring (bicyclic) bond motifs is 1. The first-order valence-corrected chi connectivity index (χ1v) is 7.48. The maximum atomic E-state index is 12.5. The van der Waals surface area contributed by atoms with E-state index in [0.29, 0.717) is 31.1 Å². The standard InChI is InChI=1S/C16H19N3O3/c1-10(2)5-13-7-14(18-22-13)16(21)19-4-3-11-6-15(20)17-8-12(11)9-19/h6-8,10H,3-5,9H2,1-2H3,(H,17,20). The number of carbonyl (C=O) groups is 1. The van der Waals surface area contributed by atoms with E-state index in [0.717, 1.165) is 23.3 Å². The van der Waals surface area contributed by atoms with Crippen molar-refractivity contribution in [3.8, 4) is 0 Å². The average molecular weight is 301 g/mol. The first-order chi connectivity index (χ1) is 10.5. The molecule has 2 aromatic heterocycles. The fourth-order valence-electron chi connectivity index (χ4n) is 2.71. The third-order valence-electron chi connectivity index (χ3n) is 3.79. The lowest BCUT2D eigenvalue weighted by molar-refractivity contribution is 0.0724. The Hall–Kier alpha value is -2.37. The lowest BCUT2D eigenvalue weighted by Crippen LogP contribution is -2.36. The van der Waals surface area contributed by atoms with Crippen LogP contribution in [0.3, 0.4) is 0 Å². The average Bonchev–Trinajstić information content (AvgIpc) is 2.93. The van der Waals surface area contributed by atoms with E-state index in [2.05, 4.69) is 24.0 Å². The molecule has 3 heterocycles. The number of hydrogen-bond acceptors (Lipinski definition) is 4. The van der Waals surface area contributed by atoms with Gasteiger partial charge in [0.2, 0.25) is 5.56 Å². The topological polar surface area (TPSA) is 79.2 Å². The van der Waals surface area contributed by atoms with Crippen LogP contribution < -0.4 is 5.56 Å². The third-order valence-corrected chi connectivity index (χ3v) is 3.79. The van der Waals surface area contributed by atoms with Crippen molar-refractivity contribution in [3.63, 3.8) is 0 Å². The van der Waals surface area contributed by atoms with Gasteiger partial charge in [-0.15, -0.1) is 0 Å². The van der Waals surface area contributed by atoms with Crippen LogP contribution in [-0.2, 0) is 19.4 Å². The van der Waals surface area contributed by atoms with Crippen LogP contribution in [0.25, 0.3) is 0 Å². The Kier molecular flexibility index (Phi) is 3.83. The van der Waals surface area contributed by atoms with Crippen molar-refractivity contribution in [3.05, 3.63) is 51.3 Å². The largest absolute Gasteiger partial charge is 0.361 e. The molecule has 0 aliphatic carbocycles. The number of aromatic nitrogens is 2. The summed E-state index contributed by atoms with van der Waals surface area (Å²) in [6, 6.07) is 3.33. The van der Waals surface area contributed by atoms with Crippen LogP contribution in [0.5, 0.6) is 0 Å². The molecule has 0 spiro atoms. The molecule has 0 radical (unpaired) electrons. The van der Waals surface area contributed by atoms with Crippen LogP contribution in [0.2, 0.25) is 0 Å². The molecule has 0 aromatic carbocycles. The number of pyridine rings is 1. The van der Waals surface area contributed by atoms with Gasteiger partial charge < -0.3 is 14.4 Å². The molecule has 0 bridgehead atoms. The quantitative estimate of drug-likeness (QED) is 0.937. The number of H-pyrrole nitrogens is 1. The monoisotopic (exact) mass is 301 g/mol. The number of nitrogens with one attached hydrogen (secondary N) is 1. The van der Waals surface area contributed by atoms with Crippen molar-refractivity contribution in [2.24, 2.45) is 5.92 Å². The molecule has 6 nitrogen and oxygen atoms in total. The smallest absolute Gasteiger partial charge is 0.276 e. The fraction of sp³-hybridized carbons (Fsp3) is 0.438. The van der Waals surface area contributed by atoms with Crippen molar-refractivity contribution in [2.45, 2.75) is 33.2 Å². The number of aromatic amines is 1. The molecule has 1 N–H and O–H groups in total. The molecule has 1 aliphatic heterocycles. The Morgan fingerprint density at radius 2 is 2.23 bits per heavy atom. The van der Waals surface area contributed by atoms with E-state index in [4.69, 9.17) is 4.52 Å². The van der Waals surface area contributed by atoms with E-state index in [1.165, 1.54) is 0 Å². The molecule has 0 saturated carbocycles. The van der Waals surface area contributed by atoms with Gasteiger partial charge in [-0.3, -0.25) is 9.59 Å². The summed E-state index contributed by atoms with van der Waals surface area (Å²) in [4.78, 5) is 28.2. The predicted octanol–water partition coefficient (Wildman–Crippen LogP) is 1.76. The van der Waals surface area contributed by atoms with Gasteiger partial charge in [-0.25, -0.2) is 0 Å². The second-order valence-electron chi connectivity index (χ2n) is 6.10. The van der Waals surface area contributed by atoms with Gasteiger partial charge in [0.25, 0.3) is 5.91 Å². The predicted molar refractivity (Wildman–Crippen MR) is 80.6 cm³/mol. The molecule has 1 aliphatic rings. The van der Waals surface area contributed by atoms with E-state index in [9.17, 15) is 9.59 Å². The highest BCUT2D eigenvalue weighted by Crippen LogP contribution is 2.19. The van der Waals surface area contributed by atoms with Crippen molar-refractivity contribution in [1.82, 2.24) is 15.0 Å². The van der Waals surface area contributed by atoms with Crippen molar-refractivity contribution < 1.29 is 9.32 Å². The molecule has 0 unspecified atom stereocenters. The summed E-state index contributed by atoms with van der Waals surface area (Å²) in [5.41, 5.74) is 2.23. The Morgan fingerprint density at radius 1 is 1.41 bits per heavy atom. The number of hydrogen-bond donors (Lipinski definition) is 1. The number of nitrogens with zero attached hydrogens (tertiary/aromatic N) is 2. The van der Waals surface area contributed by atoms with E-state index < -0.39 is 0 Å². The molecule has 116 valence electrons. The van der Waals surface area contributed by atoms with Crippen molar-refractivity contribution in [1.29, 1.82) is 0 Å². The second kappa shape index (κ2) is 5.79. The highest BCUT2D eigenvalue weighted by Gasteiger charge is 2.24. The van der Waals surface area contributed by atoms with Gasteiger partial charge >= 0.3 is 0 Å². The van der Waals surface area contributed by atoms with Crippen LogP contribution in [0.1, 0.15) is 41.2 Å². The molecule has 0 atom stereocenters. The van der Waals surface area contributed by atoms with Gasteiger partial charge in [0.1, 0.15) is 5.76 Å². The first-order valence-electron chi connectivity index (χ1n) is 7.48. The van der Waals surface area contributed by atoms with E-state index in [1.807, 2.05) is 0 Å². The van der Waals surface area contributed by atoms with Crippen LogP contribution in [0.15, 0.2) is 27.6 Å². The summed E-state index contributed by atoms with van der Waals surface area (Å²) in [5, 5.41) is 3.89. The Labute approximate surface area is 128 Å². The minimum atomic E-state index is -0.129. The lowest BCUT2D eigenvalue weighted by Gasteiger charge is -2.27.